The molecule has 1 aliphatic carbocycles. The fraction of sp³-hybridized carbons (Fsp3) is 0.333. The van der Waals surface area contributed by atoms with Crippen LogP contribution in [0.3, 0.4) is 0 Å². The normalized spacial score (nSPS) is 13.8. The van der Waals surface area contributed by atoms with Crippen LogP contribution < -0.4 is 0 Å². The second-order valence-corrected chi connectivity index (χ2v) is 6.59. The summed E-state index contributed by atoms with van der Waals surface area (Å²) in [6.07, 6.45) is 7.04. The van der Waals surface area contributed by atoms with Crippen molar-refractivity contribution in [1.82, 2.24) is 14.9 Å². The molecule has 0 saturated heterocycles. The van der Waals surface area contributed by atoms with E-state index in [1.807, 2.05) is 11.8 Å². The zero-order valence-electron chi connectivity index (χ0n) is 13.6. The molecular formula is C18H20FN3OS. The van der Waals surface area contributed by atoms with Crippen molar-refractivity contribution in [2.75, 3.05) is 12.3 Å². The highest BCUT2D eigenvalue weighted by molar-refractivity contribution is 7.99. The molecule has 0 fully saturated rings. The molecular weight excluding hydrogens is 325 g/mol. The van der Waals surface area contributed by atoms with Crippen LogP contribution in [0.15, 0.2) is 47.4 Å². The Kier molecular flexibility index (Phi) is 5.35. The number of carbonyl (C=O) groups is 1. The first kappa shape index (κ1) is 16.8. The van der Waals surface area contributed by atoms with Crippen LogP contribution in [0.25, 0.3) is 11.3 Å². The summed E-state index contributed by atoms with van der Waals surface area (Å²) in [5.74, 6) is 0.191. The van der Waals surface area contributed by atoms with E-state index >= 15 is 0 Å². The molecule has 1 aromatic carbocycles. The van der Waals surface area contributed by atoms with Crippen LogP contribution in [-0.2, 0) is 4.79 Å². The maximum absolute atomic E-state index is 13.0. The Morgan fingerprint density at radius 3 is 2.83 bits per heavy atom. The number of rotatable bonds is 6. The molecule has 1 aliphatic rings. The minimum atomic E-state index is -0.265. The highest BCUT2D eigenvalue weighted by Crippen LogP contribution is 2.25. The number of carbonyl (C=O) groups excluding carboxylic acids is 1. The number of nitrogens with zero attached hydrogens (tertiary/aromatic N) is 2. The molecule has 0 saturated carbocycles. The maximum Gasteiger partial charge on any atom is 0.237 e. The molecule has 0 radical (unpaired) electrons. The van der Waals surface area contributed by atoms with Crippen LogP contribution in [0, 0.1) is 5.82 Å². The number of benzene rings is 1. The Bertz CT molecular complexity index is 739. The summed E-state index contributed by atoms with van der Waals surface area (Å²) >= 11 is 1.39. The number of allylic oxidation sites excluding steroid dienone is 2. The Balaban J connectivity index is 1.60. The van der Waals surface area contributed by atoms with E-state index in [1.165, 1.54) is 23.9 Å². The number of hydrogen-bond donors (Lipinski definition) is 1. The van der Waals surface area contributed by atoms with Crippen molar-refractivity contribution >= 4 is 17.7 Å². The van der Waals surface area contributed by atoms with Gasteiger partial charge in [0, 0.05) is 12.2 Å². The van der Waals surface area contributed by atoms with E-state index in [1.54, 1.807) is 18.3 Å². The average molecular weight is 345 g/mol. The van der Waals surface area contributed by atoms with Crippen LogP contribution in [-0.4, -0.2) is 33.1 Å². The van der Waals surface area contributed by atoms with Gasteiger partial charge in [-0.1, -0.05) is 17.8 Å². The zero-order chi connectivity index (χ0) is 16.9. The van der Waals surface area contributed by atoms with Crippen LogP contribution in [0.5, 0.6) is 0 Å². The molecule has 1 heterocycles. The Hall–Kier alpha value is -2.08. The van der Waals surface area contributed by atoms with Gasteiger partial charge in [-0.3, -0.25) is 4.79 Å². The molecule has 1 N–H and O–H groups in total. The Morgan fingerprint density at radius 1 is 1.38 bits per heavy atom. The maximum atomic E-state index is 13.0. The van der Waals surface area contributed by atoms with Gasteiger partial charge in [0.05, 0.1) is 17.6 Å². The van der Waals surface area contributed by atoms with Crippen LogP contribution in [0.1, 0.15) is 26.2 Å². The average Bonchev–Trinajstić information content (AvgIpc) is 3.26. The first-order valence-corrected chi connectivity index (χ1v) is 9.09. The van der Waals surface area contributed by atoms with E-state index in [9.17, 15) is 9.18 Å². The quantitative estimate of drug-likeness (QED) is 0.797. The third-order valence-corrected chi connectivity index (χ3v) is 4.89. The largest absolute Gasteiger partial charge is 0.333 e. The lowest BCUT2D eigenvalue weighted by Gasteiger charge is -2.21. The lowest BCUT2D eigenvalue weighted by atomic mass is 10.2. The fourth-order valence-corrected chi connectivity index (χ4v) is 3.52. The molecule has 0 aliphatic heterocycles. The summed E-state index contributed by atoms with van der Waals surface area (Å²) in [4.78, 5) is 21.8. The molecule has 2 aromatic rings. The van der Waals surface area contributed by atoms with Gasteiger partial charge in [-0.2, -0.15) is 0 Å². The van der Waals surface area contributed by atoms with Gasteiger partial charge < -0.3 is 9.88 Å². The third kappa shape index (κ3) is 3.87. The minimum absolute atomic E-state index is 0.107. The highest BCUT2D eigenvalue weighted by atomic mass is 32.2. The molecule has 0 unspecified atom stereocenters. The topological polar surface area (TPSA) is 49.0 Å². The van der Waals surface area contributed by atoms with Gasteiger partial charge in [0.15, 0.2) is 5.16 Å². The van der Waals surface area contributed by atoms with E-state index in [0.717, 1.165) is 36.2 Å². The molecule has 4 nitrogen and oxygen atoms in total. The van der Waals surface area contributed by atoms with E-state index in [4.69, 9.17) is 0 Å². The van der Waals surface area contributed by atoms with Gasteiger partial charge in [-0.05, 0) is 56.0 Å². The van der Waals surface area contributed by atoms with E-state index in [2.05, 4.69) is 16.0 Å². The summed E-state index contributed by atoms with van der Waals surface area (Å²) in [5, 5.41) is 0.694. The minimum Gasteiger partial charge on any atom is -0.333 e. The molecule has 3 rings (SSSR count). The van der Waals surface area contributed by atoms with Gasteiger partial charge in [-0.15, -0.1) is 0 Å². The predicted molar refractivity (Wildman–Crippen MR) is 94.0 cm³/mol. The predicted octanol–water partition coefficient (Wildman–Crippen LogP) is 4.22. The molecule has 126 valence electrons. The smallest absolute Gasteiger partial charge is 0.237 e. The zero-order valence-corrected chi connectivity index (χ0v) is 14.4. The molecule has 6 heteroatoms. The summed E-state index contributed by atoms with van der Waals surface area (Å²) in [6, 6.07) is 6.24. The van der Waals surface area contributed by atoms with Crippen molar-refractivity contribution in [1.29, 1.82) is 0 Å². The number of thioether (sulfide) groups is 1. The number of H-pyrrole nitrogens is 1. The number of hydrogen-bond acceptors (Lipinski definition) is 3. The molecule has 0 spiro atoms. The van der Waals surface area contributed by atoms with Crippen LogP contribution in [0.4, 0.5) is 4.39 Å². The lowest BCUT2D eigenvalue weighted by molar-refractivity contribution is -0.126. The summed E-state index contributed by atoms with van der Waals surface area (Å²) < 4.78 is 13.0. The second-order valence-electron chi connectivity index (χ2n) is 5.62. The highest BCUT2D eigenvalue weighted by Gasteiger charge is 2.19. The number of aromatic amines is 1. The number of amides is 1. The van der Waals surface area contributed by atoms with Crippen molar-refractivity contribution in [3.63, 3.8) is 0 Å². The SMILES string of the molecule is CCN(C(=O)CSc1ncc(-c2ccc(F)cc2)[nH]1)C1=CCCC1. The first-order chi connectivity index (χ1) is 11.7. The van der Waals surface area contributed by atoms with E-state index in [-0.39, 0.29) is 11.7 Å². The van der Waals surface area contributed by atoms with Crippen molar-refractivity contribution in [2.45, 2.75) is 31.3 Å². The number of nitrogens with one attached hydrogen (secondary N) is 1. The third-order valence-electron chi connectivity index (χ3n) is 4.02. The van der Waals surface area contributed by atoms with Gasteiger partial charge >= 0.3 is 0 Å². The van der Waals surface area contributed by atoms with Gasteiger partial charge in [0.25, 0.3) is 0 Å². The number of halogens is 1. The van der Waals surface area contributed by atoms with Gasteiger partial charge in [0.1, 0.15) is 5.82 Å². The summed E-state index contributed by atoms with van der Waals surface area (Å²) in [7, 11) is 0. The molecule has 1 amide bonds. The van der Waals surface area contributed by atoms with Crippen LogP contribution >= 0.6 is 11.8 Å². The molecule has 24 heavy (non-hydrogen) atoms. The Morgan fingerprint density at radius 2 is 2.17 bits per heavy atom. The standard InChI is InChI=1S/C18H20FN3OS/c1-2-22(15-5-3-4-6-15)17(23)12-24-18-20-11-16(21-18)13-7-9-14(19)10-8-13/h5,7-11H,2-4,6,12H2,1H3,(H,20,21). The van der Waals surface area contributed by atoms with Gasteiger partial charge in [-0.25, -0.2) is 9.37 Å². The monoisotopic (exact) mass is 345 g/mol. The summed E-state index contributed by atoms with van der Waals surface area (Å²) in [6.45, 7) is 2.70. The van der Waals surface area contributed by atoms with Crippen LogP contribution in [0.2, 0.25) is 0 Å². The van der Waals surface area contributed by atoms with Crippen molar-refractivity contribution < 1.29 is 9.18 Å². The number of aromatic nitrogens is 2. The fourth-order valence-electron chi connectivity index (χ4n) is 2.80. The second kappa shape index (κ2) is 7.66. The van der Waals surface area contributed by atoms with Crippen molar-refractivity contribution in [3.05, 3.63) is 48.1 Å². The number of imidazole rings is 1. The van der Waals surface area contributed by atoms with E-state index in [0.29, 0.717) is 17.5 Å². The van der Waals surface area contributed by atoms with E-state index < -0.39 is 0 Å². The van der Waals surface area contributed by atoms with Crippen molar-refractivity contribution in [3.8, 4) is 11.3 Å². The van der Waals surface area contributed by atoms with Crippen molar-refractivity contribution in [2.24, 2.45) is 0 Å². The summed E-state index contributed by atoms with van der Waals surface area (Å²) in [5.41, 5.74) is 2.83. The molecule has 1 aromatic heterocycles. The lowest BCUT2D eigenvalue weighted by Crippen LogP contribution is -2.31. The van der Waals surface area contributed by atoms with Gasteiger partial charge in [0.2, 0.25) is 5.91 Å². The molecule has 0 atom stereocenters. The molecule has 0 bridgehead atoms. The Labute approximate surface area is 145 Å². The first-order valence-electron chi connectivity index (χ1n) is 8.10.